The Labute approximate surface area is 169 Å². The minimum absolute atomic E-state index is 0.0439. The molecule has 2 aromatic carbocycles. The second-order valence-corrected chi connectivity index (χ2v) is 7.36. The lowest BCUT2D eigenvalue weighted by atomic mass is 10.0. The van der Waals surface area contributed by atoms with Crippen LogP contribution in [0.25, 0.3) is 0 Å². The SMILES string of the molecule is O=C(NC1=Nc2ccc(C(F)(F)F)cc2C1)c1cc(Cl)cc(C2CCCO2)c1O. The summed E-state index contributed by atoms with van der Waals surface area (Å²) in [7, 11) is 0. The molecule has 152 valence electrons. The van der Waals surface area contributed by atoms with Crippen molar-refractivity contribution in [3.8, 4) is 5.75 Å². The molecule has 0 radical (unpaired) electrons. The number of fused-ring (bicyclic) bond motifs is 1. The summed E-state index contributed by atoms with van der Waals surface area (Å²) in [5.41, 5.74) is 0.353. The van der Waals surface area contributed by atoms with Crippen LogP contribution in [0.5, 0.6) is 5.75 Å². The molecule has 1 fully saturated rings. The molecule has 2 aliphatic heterocycles. The first-order valence-corrected chi connectivity index (χ1v) is 9.33. The average molecular weight is 425 g/mol. The van der Waals surface area contributed by atoms with Crippen LogP contribution in [0, 0.1) is 0 Å². The van der Waals surface area contributed by atoms with Crippen LogP contribution >= 0.6 is 11.6 Å². The van der Waals surface area contributed by atoms with Crippen molar-refractivity contribution in [1.82, 2.24) is 5.32 Å². The van der Waals surface area contributed by atoms with E-state index in [0.717, 1.165) is 18.6 Å². The zero-order chi connectivity index (χ0) is 20.8. The van der Waals surface area contributed by atoms with E-state index in [9.17, 15) is 23.1 Å². The van der Waals surface area contributed by atoms with Gasteiger partial charge in [-0.15, -0.1) is 0 Å². The number of nitrogens with zero attached hydrogens (tertiary/aromatic N) is 1. The van der Waals surface area contributed by atoms with Crippen molar-refractivity contribution < 1.29 is 27.8 Å². The van der Waals surface area contributed by atoms with Gasteiger partial charge in [0.2, 0.25) is 0 Å². The Morgan fingerprint density at radius 3 is 2.76 bits per heavy atom. The molecule has 0 aromatic heterocycles. The number of hydrogen-bond acceptors (Lipinski definition) is 4. The molecule has 0 spiro atoms. The number of amides is 1. The van der Waals surface area contributed by atoms with Crippen molar-refractivity contribution in [2.24, 2.45) is 4.99 Å². The van der Waals surface area contributed by atoms with Gasteiger partial charge < -0.3 is 15.2 Å². The molecular weight excluding hydrogens is 409 g/mol. The Morgan fingerprint density at radius 1 is 1.28 bits per heavy atom. The van der Waals surface area contributed by atoms with Gasteiger partial charge in [0.1, 0.15) is 11.6 Å². The Hall–Kier alpha value is -2.58. The zero-order valence-corrected chi connectivity index (χ0v) is 15.8. The topological polar surface area (TPSA) is 70.9 Å². The van der Waals surface area contributed by atoms with E-state index < -0.39 is 17.6 Å². The van der Waals surface area contributed by atoms with E-state index in [1.54, 1.807) is 6.07 Å². The fraction of sp³-hybridized carbons (Fsp3) is 0.300. The first kappa shape index (κ1) is 19.7. The molecule has 9 heteroatoms. The van der Waals surface area contributed by atoms with E-state index in [4.69, 9.17) is 16.3 Å². The highest BCUT2D eigenvalue weighted by atomic mass is 35.5. The summed E-state index contributed by atoms with van der Waals surface area (Å²) >= 11 is 6.11. The van der Waals surface area contributed by atoms with E-state index in [1.807, 2.05) is 0 Å². The Balaban J connectivity index is 1.54. The molecule has 0 saturated carbocycles. The third kappa shape index (κ3) is 3.95. The van der Waals surface area contributed by atoms with Crippen molar-refractivity contribution in [3.05, 3.63) is 57.6 Å². The lowest BCUT2D eigenvalue weighted by Gasteiger charge is -2.15. The summed E-state index contributed by atoms with van der Waals surface area (Å²) in [6.45, 7) is 0.563. The standard InChI is InChI=1S/C20H16ClF3N2O3/c21-12-8-13(16-2-1-5-29-16)18(27)14(9-12)19(28)26-17-7-10-6-11(20(22,23)24)3-4-15(10)25-17/h3-4,6,8-9,16,27H,1-2,5,7H2,(H,25,26,28). The molecule has 2 aliphatic rings. The maximum absolute atomic E-state index is 12.9. The summed E-state index contributed by atoms with van der Waals surface area (Å²) in [5.74, 6) is -0.677. The lowest BCUT2D eigenvalue weighted by molar-refractivity contribution is -0.137. The number of phenolic OH excluding ortho intramolecular Hbond substituents is 1. The zero-order valence-electron chi connectivity index (χ0n) is 15.0. The number of hydrogen-bond donors (Lipinski definition) is 2. The largest absolute Gasteiger partial charge is 0.507 e. The number of alkyl halides is 3. The van der Waals surface area contributed by atoms with Crippen molar-refractivity contribution in [3.63, 3.8) is 0 Å². The second kappa shape index (κ2) is 7.35. The molecule has 1 amide bonds. The number of nitrogens with one attached hydrogen (secondary N) is 1. The smallest absolute Gasteiger partial charge is 0.416 e. The maximum Gasteiger partial charge on any atom is 0.416 e. The number of aromatic hydroxyl groups is 1. The lowest BCUT2D eigenvalue weighted by Crippen LogP contribution is -2.30. The third-order valence-electron chi connectivity index (χ3n) is 4.90. The Kier molecular flexibility index (Phi) is 5.00. The van der Waals surface area contributed by atoms with E-state index in [1.165, 1.54) is 12.1 Å². The normalized spacial score (nSPS) is 18.5. The number of benzene rings is 2. The van der Waals surface area contributed by atoms with E-state index >= 15 is 0 Å². The van der Waals surface area contributed by atoms with Gasteiger partial charge in [0, 0.05) is 23.6 Å². The number of carbonyl (C=O) groups is 1. The van der Waals surface area contributed by atoms with Crippen molar-refractivity contribution in [2.75, 3.05) is 6.61 Å². The van der Waals surface area contributed by atoms with Crippen LogP contribution in [0.3, 0.4) is 0 Å². The summed E-state index contributed by atoms with van der Waals surface area (Å²) in [6.07, 6.45) is -3.20. The first-order chi connectivity index (χ1) is 13.7. The third-order valence-corrected chi connectivity index (χ3v) is 5.12. The molecule has 1 saturated heterocycles. The second-order valence-electron chi connectivity index (χ2n) is 6.92. The van der Waals surface area contributed by atoms with Gasteiger partial charge in [0.05, 0.1) is 22.9 Å². The molecule has 0 aliphatic carbocycles. The molecule has 5 nitrogen and oxygen atoms in total. The van der Waals surface area contributed by atoms with Crippen molar-refractivity contribution in [2.45, 2.75) is 31.5 Å². The minimum atomic E-state index is -4.45. The summed E-state index contributed by atoms with van der Waals surface area (Å²) < 4.78 is 44.2. The Morgan fingerprint density at radius 2 is 2.07 bits per heavy atom. The molecule has 1 unspecified atom stereocenters. The number of rotatable bonds is 2. The molecule has 1 atom stereocenters. The number of ether oxygens (including phenoxy) is 1. The maximum atomic E-state index is 12.9. The monoisotopic (exact) mass is 424 g/mol. The van der Waals surface area contributed by atoms with Crippen molar-refractivity contribution in [1.29, 1.82) is 0 Å². The van der Waals surface area contributed by atoms with Crippen LogP contribution in [0.2, 0.25) is 5.02 Å². The van der Waals surface area contributed by atoms with Gasteiger partial charge in [0.15, 0.2) is 0 Å². The predicted molar refractivity (Wildman–Crippen MR) is 101 cm³/mol. The van der Waals surface area contributed by atoms with Crippen LogP contribution in [-0.4, -0.2) is 23.5 Å². The van der Waals surface area contributed by atoms with Crippen molar-refractivity contribution >= 4 is 29.0 Å². The molecule has 2 aromatic rings. The van der Waals surface area contributed by atoms with Gasteiger partial charge >= 0.3 is 6.18 Å². The number of carbonyl (C=O) groups excluding carboxylic acids is 1. The number of halogens is 4. The highest BCUT2D eigenvalue weighted by molar-refractivity contribution is 6.31. The average Bonchev–Trinajstić information content (AvgIpc) is 3.30. The molecular formula is C20H16ClF3N2O3. The van der Waals surface area contributed by atoms with Gasteiger partial charge in [-0.2, -0.15) is 13.2 Å². The van der Waals surface area contributed by atoms with Gasteiger partial charge in [-0.3, -0.25) is 4.79 Å². The fourth-order valence-electron chi connectivity index (χ4n) is 3.51. The number of amidine groups is 1. The van der Waals surface area contributed by atoms with Crippen LogP contribution in [0.4, 0.5) is 18.9 Å². The minimum Gasteiger partial charge on any atom is -0.507 e. The highest BCUT2D eigenvalue weighted by Crippen LogP contribution is 2.38. The van der Waals surface area contributed by atoms with Crippen LogP contribution in [-0.2, 0) is 17.3 Å². The van der Waals surface area contributed by atoms with E-state index in [0.29, 0.717) is 29.8 Å². The summed E-state index contributed by atoms with van der Waals surface area (Å²) in [5, 5.41) is 13.4. The molecule has 4 rings (SSSR count). The van der Waals surface area contributed by atoms with Crippen LogP contribution < -0.4 is 5.32 Å². The fourth-order valence-corrected chi connectivity index (χ4v) is 3.74. The molecule has 2 N–H and O–H groups in total. The van der Waals surface area contributed by atoms with Crippen LogP contribution in [0.1, 0.15) is 46.0 Å². The van der Waals surface area contributed by atoms with Gasteiger partial charge in [-0.1, -0.05) is 11.6 Å². The first-order valence-electron chi connectivity index (χ1n) is 8.95. The van der Waals surface area contributed by atoms with Crippen LogP contribution in [0.15, 0.2) is 35.3 Å². The number of aliphatic imine (C=N–C) groups is 1. The van der Waals surface area contributed by atoms with E-state index in [2.05, 4.69) is 10.3 Å². The predicted octanol–water partition coefficient (Wildman–Crippen LogP) is 4.93. The van der Waals surface area contributed by atoms with Gasteiger partial charge in [0.25, 0.3) is 5.91 Å². The van der Waals surface area contributed by atoms with E-state index in [-0.39, 0.29) is 34.7 Å². The van der Waals surface area contributed by atoms with Gasteiger partial charge in [-0.05, 0) is 48.7 Å². The number of phenols is 1. The summed E-state index contributed by atoms with van der Waals surface area (Å²) in [6, 6.07) is 6.12. The molecule has 29 heavy (non-hydrogen) atoms. The molecule has 0 bridgehead atoms. The quantitative estimate of drug-likeness (QED) is 0.718. The summed E-state index contributed by atoms with van der Waals surface area (Å²) in [4.78, 5) is 16.9. The Bertz CT molecular complexity index is 1010. The molecule has 2 heterocycles. The highest BCUT2D eigenvalue weighted by Gasteiger charge is 2.32. The van der Waals surface area contributed by atoms with Gasteiger partial charge in [-0.25, -0.2) is 4.99 Å².